The van der Waals surface area contributed by atoms with E-state index in [0.717, 1.165) is 5.56 Å². The number of nitrogens with zero attached hydrogens (tertiary/aromatic N) is 1. The molecule has 5 rings (SSSR count). The Labute approximate surface area is 232 Å². The van der Waals surface area contributed by atoms with Gasteiger partial charge in [-0.05, 0) is 47.6 Å². The number of halogens is 1. The van der Waals surface area contributed by atoms with Crippen LogP contribution in [0, 0.1) is 17.8 Å². The topological polar surface area (TPSA) is 103 Å². The maximum atomic E-state index is 13.8. The number of carboxylic acid groups (broad SMARTS) is 1. The Hall–Kier alpha value is -3.45. The average Bonchev–Trinajstić information content (AvgIpc) is 2.81. The fourth-order valence-electron chi connectivity index (χ4n) is 6.22. The molecule has 1 aromatic carbocycles. The van der Waals surface area contributed by atoms with E-state index in [4.69, 9.17) is 21.1 Å². The van der Waals surface area contributed by atoms with Gasteiger partial charge in [0.15, 0.2) is 17.3 Å². The second-order valence-corrected chi connectivity index (χ2v) is 12.7. The molecule has 2 heterocycles. The number of pyridine rings is 1. The monoisotopic (exact) mass is 549 g/mol. The van der Waals surface area contributed by atoms with E-state index >= 15 is 0 Å². The Morgan fingerprint density at radius 2 is 1.54 bits per heavy atom. The Bertz CT molecular complexity index is 1460. The van der Waals surface area contributed by atoms with E-state index in [1.54, 1.807) is 25.3 Å². The highest BCUT2D eigenvalue weighted by molar-refractivity contribution is 6.33. The number of aromatic carboxylic acids is 1. The summed E-state index contributed by atoms with van der Waals surface area (Å²) in [5, 5.41) is 9.62. The predicted molar refractivity (Wildman–Crippen MR) is 147 cm³/mol. The minimum atomic E-state index is -1.23. The molecule has 0 radical (unpaired) electrons. The number of ketones is 2. The number of benzene rings is 1. The van der Waals surface area contributed by atoms with Gasteiger partial charge in [-0.25, -0.2) is 9.78 Å². The van der Waals surface area contributed by atoms with Gasteiger partial charge in [0.2, 0.25) is 0 Å². The lowest BCUT2D eigenvalue weighted by Gasteiger charge is -2.43. The van der Waals surface area contributed by atoms with E-state index < -0.39 is 11.9 Å². The van der Waals surface area contributed by atoms with E-state index in [0.29, 0.717) is 70.9 Å². The van der Waals surface area contributed by atoms with Crippen LogP contribution in [-0.2, 0) is 14.3 Å². The van der Waals surface area contributed by atoms with E-state index in [1.165, 1.54) is 6.07 Å². The lowest BCUT2D eigenvalue weighted by Crippen LogP contribution is -2.38. The minimum Gasteiger partial charge on any atom is -0.496 e. The molecule has 0 fully saturated rings. The van der Waals surface area contributed by atoms with Crippen molar-refractivity contribution in [1.82, 2.24) is 4.98 Å². The van der Waals surface area contributed by atoms with Crippen LogP contribution in [0.4, 0.5) is 0 Å². The molecular formula is C31H32ClNO6. The van der Waals surface area contributed by atoms with Crippen molar-refractivity contribution in [2.45, 2.75) is 66.2 Å². The number of hydrogen-bond acceptors (Lipinski definition) is 6. The van der Waals surface area contributed by atoms with Crippen molar-refractivity contribution in [1.29, 1.82) is 0 Å². The van der Waals surface area contributed by atoms with E-state index in [1.807, 2.05) is 34.6 Å². The standard InChI is InChI=1S/C31H32ClNO6/c1-15-16(18-9-8-17(32)28(33-18)29(36)37)7-10-21(38-6)24(15)27-25-19(34)11-30(2,3)13-22(25)39-23-14-31(4,5)12-20(35)26(23)27/h7-10,27H,11-14H2,1-6H3,(H,36,37). The highest BCUT2D eigenvalue weighted by atomic mass is 35.5. The van der Waals surface area contributed by atoms with Crippen molar-refractivity contribution in [3.63, 3.8) is 0 Å². The lowest BCUT2D eigenvalue weighted by molar-refractivity contribution is -0.120. The number of aromatic nitrogens is 1. The number of carbonyl (C=O) groups is 3. The molecule has 3 aliphatic rings. The zero-order valence-electron chi connectivity index (χ0n) is 23.0. The molecule has 0 saturated heterocycles. The van der Waals surface area contributed by atoms with E-state index in [9.17, 15) is 19.5 Å². The summed E-state index contributed by atoms with van der Waals surface area (Å²) in [5.41, 5.74) is 2.73. The molecule has 2 aromatic rings. The van der Waals surface area contributed by atoms with Crippen molar-refractivity contribution in [2.24, 2.45) is 10.8 Å². The third kappa shape index (κ3) is 4.67. The van der Waals surface area contributed by atoms with Crippen LogP contribution in [0.5, 0.6) is 5.75 Å². The van der Waals surface area contributed by atoms with Gasteiger partial charge >= 0.3 is 5.97 Å². The summed E-state index contributed by atoms with van der Waals surface area (Å²) in [7, 11) is 1.56. The quantitative estimate of drug-likeness (QED) is 0.446. The second kappa shape index (κ2) is 9.33. The first-order valence-corrected chi connectivity index (χ1v) is 13.4. The molecule has 8 heteroatoms. The van der Waals surface area contributed by atoms with E-state index in [2.05, 4.69) is 4.98 Å². The summed E-state index contributed by atoms with van der Waals surface area (Å²) in [6, 6.07) is 6.75. The Balaban J connectivity index is 1.79. The molecule has 0 saturated carbocycles. The van der Waals surface area contributed by atoms with Crippen molar-refractivity contribution < 1.29 is 29.0 Å². The van der Waals surface area contributed by atoms with Gasteiger partial charge in [0.25, 0.3) is 0 Å². The summed E-state index contributed by atoms with van der Waals surface area (Å²) in [5.74, 6) is -0.194. The zero-order valence-corrected chi connectivity index (χ0v) is 23.8. The first kappa shape index (κ1) is 27.1. The second-order valence-electron chi connectivity index (χ2n) is 12.3. The van der Waals surface area contributed by atoms with Crippen molar-refractivity contribution in [2.75, 3.05) is 7.11 Å². The van der Waals surface area contributed by atoms with Crippen LogP contribution in [-0.4, -0.2) is 34.7 Å². The number of carboxylic acids is 1. The summed E-state index contributed by atoms with van der Waals surface area (Å²) in [6.07, 6.45) is 1.85. The SMILES string of the molecule is COc1ccc(-c2ccc(Cl)c(C(=O)O)n2)c(C)c1C1C2=C(CC(C)(C)CC2=O)OC2=C1C(=O)CC(C)(C)C2. The maximum Gasteiger partial charge on any atom is 0.356 e. The predicted octanol–water partition coefficient (Wildman–Crippen LogP) is 6.82. The van der Waals surface area contributed by atoms with Crippen LogP contribution >= 0.6 is 11.6 Å². The van der Waals surface area contributed by atoms with Gasteiger partial charge in [0, 0.05) is 48.0 Å². The normalized spacial score (nSPS) is 20.4. The van der Waals surface area contributed by atoms with Gasteiger partial charge < -0.3 is 14.6 Å². The summed E-state index contributed by atoms with van der Waals surface area (Å²) >= 11 is 6.09. The van der Waals surface area contributed by atoms with Crippen molar-refractivity contribution in [3.8, 4) is 17.0 Å². The number of ether oxygens (including phenoxy) is 2. The number of Topliss-reactive ketones (excluding diaryl/α,β-unsaturated/α-hetero) is 2. The van der Waals surface area contributed by atoms with Gasteiger partial charge in [-0.3, -0.25) is 9.59 Å². The number of hydrogen-bond donors (Lipinski definition) is 1. The molecule has 1 N–H and O–H groups in total. The fourth-order valence-corrected chi connectivity index (χ4v) is 6.41. The summed E-state index contributed by atoms with van der Waals surface area (Å²) in [6.45, 7) is 10.1. The molecule has 204 valence electrons. The average molecular weight is 550 g/mol. The molecule has 0 spiro atoms. The first-order valence-electron chi connectivity index (χ1n) is 13.0. The molecule has 0 bridgehead atoms. The third-order valence-corrected chi connectivity index (χ3v) is 8.19. The molecule has 0 amide bonds. The lowest BCUT2D eigenvalue weighted by atomic mass is 9.65. The van der Waals surface area contributed by atoms with Crippen molar-refractivity contribution in [3.05, 3.63) is 68.8 Å². The first-order chi connectivity index (χ1) is 18.2. The number of carbonyl (C=O) groups excluding carboxylic acids is 2. The highest BCUT2D eigenvalue weighted by Gasteiger charge is 2.49. The molecule has 0 atom stereocenters. The Morgan fingerprint density at radius 1 is 0.974 bits per heavy atom. The van der Waals surface area contributed by atoms with Crippen LogP contribution in [0.3, 0.4) is 0 Å². The molecule has 7 nitrogen and oxygen atoms in total. The summed E-state index contributed by atoms with van der Waals surface area (Å²) < 4.78 is 12.2. The number of rotatable bonds is 4. The van der Waals surface area contributed by atoms with Crippen LogP contribution in [0.25, 0.3) is 11.3 Å². The smallest absolute Gasteiger partial charge is 0.356 e. The van der Waals surface area contributed by atoms with E-state index in [-0.39, 0.29) is 33.1 Å². The molecule has 1 aromatic heterocycles. The van der Waals surface area contributed by atoms with Crippen LogP contribution in [0.15, 0.2) is 46.9 Å². The van der Waals surface area contributed by atoms with Gasteiger partial charge in [-0.2, -0.15) is 0 Å². The Morgan fingerprint density at radius 3 is 2.05 bits per heavy atom. The highest BCUT2D eigenvalue weighted by Crippen LogP contribution is 2.55. The van der Waals surface area contributed by atoms with Gasteiger partial charge in [-0.15, -0.1) is 0 Å². The third-order valence-electron chi connectivity index (χ3n) is 7.89. The molecule has 0 unspecified atom stereocenters. The Kier molecular flexibility index (Phi) is 6.49. The largest absolute Gasteiger partial charge is 0.496 e. The van der Waals surface area contributed by atoms with Crippen molar-refractivity contribution >= 4 is 29.1 Å². The summed E-state index contributed by atoms with van der Waals surface area (Å²) in [4.78, 5) is 43.6. The number of allylic oxidation sites excluding steroid dienone is 4. The number of methoxy groups -OCH3 is 1. The molecular weight excluding hydrogens is 518 g/mol. The van der Waals surface area contributed by atoms with Gasteiger partial charge in [0.1, 0.15) is 17.3 Å². The van der Waals surface area contributed by atoms with Gasteiger partial charge in [0.05, 0.1) is 23.7 Å². The molecule has 1 aliphatic heterocycles. The minimum absolute atomic E-state index is 0.0393. The van der Waals surface area contributed by atoms with Crippen LogP contribution in [0.1, 0.15) is 80.9 Å². The fraction of sp³-hybridized carbons (Fsp3) is 0.419. The molecule has 39 heavy (non-hydrogen) atoms. The zero-order chi connectivity index (χ0) is 28.4. The maximum absolute atomic E-state index is 13.8. The molecule has 2 aliphatic carbocycles. The van der Waals surface area contributed by atoms with Gasteiger partial charge in [-0.1, -0.05) is 39.3 Å². The van der Waals surface area contributed by atoms with Crippen LogP contribution < -0.4 is 4.74 Å². The van der Waals surface area contributed by atoms with Crippen LogP contribution in [0.2, 0.25) is 5.02 Å².